The van der Waals surface area contributed by atoms with E-state index in [0.717, 1.165) is 6.42 Å². The third kappa shape index (κ3) is 4.83. The van der Waals surface area contributed by atoms with Crippen LogP contribution in [0.2, 0.25) is 0 Å². The number of piperidine rings is 1. The van der Waals surface area contributed by atoms with Crippen LogP contribution in [0.3, 0.4) is 0 Å². The van der Waals surface area contributed by atoms with E-state index in [4.69, 9.17) is 4.74 Å². The maximum absolute atomic E-state index is 12.3. The van der Waals surface area contributed by atoms with Gasteiger partial charge in [-0.25, -0.2) is 0 Å². The second-order valence-corrected chi connectivity index (χ2v) is 6.42. The maximum Gasteiger partial charge on any atom is 0.308 e. The Labute approximate surface area is 133 Å². The highest BCUT2D eigenvalue weighted by molar-refractivity contribution is 5.77. The molecule has 2 rings (SSSR count). The molecule has 0 aromatic rings. The maximum atomic E-state index is 12.3. The van der Waals surface area contributed by atoms with Gasteiger partial charge in [0.25, 0.3) is 0 Å². The molecule has 0 aromatic carbocycles. The molecule has 22 heavy (non-hydrogen) atoms. The highest BCUT2D eigenvalue weighted by Crippen LogP contribution is 2.19. The van der Waals surface area contributed by atoms with Crippen molar-refractivity contribution in [2.75, 3.05) is 20.2 Å². The van der Waals surface area contributed by atoms with Crippen LogP contribution in [0, 0.1) is 5.92 Å². The molecule has 1 N–H and O–H groups in total. The van der Waals surface area contributed by atoms with Crippen LogP contribution < -0.4 is 5.32 Å². The van der Waals surface area contributed by atoms with E-state index in [1.807, 2.05) is 4.90 Å². The monoisotopic (exact) mass is 308 g/mol. The van der Waals surface area contributed by atoms with Gasteiger partial charge in [0.2, 0.25) is 5.91 Å². The summed E-state index contributed by atoms with van der Waals surface area (Å²) >= 11 is 0. The van der Waals surface area contributed by atoms with Gasteiger partial charge in [0.1, 0.15) is 0 Å². The van der Waals surface area contributed by atoms with Gasteiger partial charge in [-0.1, -0.05) is 12.2 Å². The minimum Gasteiger partial charge on any atom is -0.469 e. The van der Waals surface area contributed by atoms with Gasteiger partial charge >= 0.3 is 5.97 Å². The van der Waals surface area contributed by atoms with Crippen LogP contribution in [-0.4, -0.2) is 49.1 Å². The Balaban J connectivity index is 1.72. The first-order valence-corrected chi connectivity index (χ1v) is 8.38. The Kier molecular flexibility index (Phi) is 6.43. The van der Waals surface area contributed by atoms with Crippen LogP contribution in [0.4, 0.5) is 0 Å². The van der Waals surface area contributed by atoms with Crippen molar-refractivity contribution in [2.24, 2.45) is 5.92 Å². The Hall–Kier alpha value is -1.36. The summed E-state index contributed by atoms with van der Waals surface area (Å²) in [6.07, 6.45) is 9.92. The summed E-state index contributed by atoms with van der Waals surface area (Å²) in [6, 6.07) is 0.584. The number of hydrogen-bond acceptors (Lipinski definition) is 4. The fourth-order valence-electron chi connectivity index (χ4n) is 3.30. The summed E-state index contributed by atoms with van der Waals surface area (Å²) in [5, 5.41) is 3.52. The van der Waals surface area contributed by atoms with E-state index in [0.29, 0.717) is 38.4 Å². The van der Waals surface area contributed by atoms with Gasteiger partial charge in [0.15, 0.2) is 0 Å². The molecule has 5 heteroatoms. The molecule has 1 aliphatic heterocycles. The van der Waals surface area contributed by atoms with Gasteiger partial charge in [0.05, 0.1) is 13.0 Å². The number of hydrogen-bond donors (Lipinski definition) is 1. The topological polar surface area (TPSA) is 58.6 Å². The Bertz CT molecular complexity index is 414. The normalized spacial score (nSPS) is 24.1. The lowest BCUT2D eigenvalue weighted by Gasteiger charge is -2.32. The van der Waals surface area contributed by atoms with Crippen LogP contribution in [-0.2, 0) is 14.3 Å². The molecular weight excluding hydrogens is 280 g/mol. The standard InChI is InChI=1S/C17H28N2O3/c1-13(18-15-6-4-3-5-7-15)12-16(20)19-10-8-14(9-11-19)17(21)22-2/h4,6,13-15,18H,3,5,7-12H2,1-2H3. The summed E-state index contributed by atoms with van der Waals surface area (Å²) in [4.78, 5) is 25.7. The fraction of sp³-hybridized carbons (Fsp3) is 0.765. The molecule has 1 saturated heterocycles. The number of methoxy groups -OCH3 is 1. The SMILES string of the molecule is COC(=O)C1CCN(C(=O)CC(C)NC2C=CCCC2)CC1. The van der Waals surface area contributed by atoms with Crippen LogP contribution in [0.5, 0.6) is 0 Å². The van der Waals surface area contributed by atoms with Crippen molar-refractivity contribution in [1.29, 1.82) is 0 Å². The van der Waals surface area contributed by atoms with Crippen LogP contribution in [0.25, 0.3) is 0 Å². The minimum absolute atomic E-state index is 0.0445. The zero-order valence-electron chi connectivity index (χ0n) is 13.7. The van der Waals surface area contributed by atoms with E-state index in [1.165, 1.54) is 20.0 Å². The first kappa shape index (κ1) is 17.0. The molecule has 1 aliphatic carbocycles. The summed E-state index contributed by atoms with van der Waals surface area (Å²) < 4.78 is 4.78. The second-order valence-electron chi connectivity index (χ2n) is 6.42. The highest BCUT2D eigenvalue weighted by atomic mass is 16.5. The average molecular weight is 308 g/mol. The van der Waals surface area contributed by atoms with Crippen LogP contribution in [0.1, 0.15) is 45.4 Å². The number of amides is 1. The summed E-state index contributed by atoms with van der Waals surface area (Å²) in [7, 11) is 1.42. The third-order valence-electron chi connectivity index (χ3n) is 4.62. The first-order chi connectivity index (χ1) is 10.6. The molecule has 2 aliphatic rings. The van der Waals surface area contributed by atoms with E-state index in [-0.39, 0.29) is 23.8 Å². The van der Waals surface area contributed by atoms with Gasteiger partial charge < -0.3 is 15.0 Å². The number of carbonyl (C=O) groups is 2. The van der Waals surface area contributed by atoms with Gasteiger partial charge in [0, 0.05) is 31.6 Å². The predicted octanol–water partition coefficient (Wildman–Crippen LogP) is 1.87. The highest BCUT2D eigenvalue weighted by Gasteiger charge is 2.28. The van der Waals surface area contributed by atoms with Crippen molar-refractivity contribution in [1.82, 2.24) is 10.2 Å². The van der Waals surface area contributed by atoms with E-state index in [2.05, 4.69) is 24.4 Å². The van der Waals surface area contributed by atoms with E-state index in [9.17, 15) is 9.59 Å². The van der Waals surface area contributed by atoms with Crippen molar-refractivity contribution >= 4 is 11.9 Å². The molecule has 5 nitrogen and oxygen atoms in total. The lowest BCUT2D eigenvalue weighted by Crippen LogP contribution is -2.44. The zero-order chi connectivity index (χ0) is 15.9. The fourth-order valence-corrected chi connectivity index (χ4v) is 3.30. The number of nitrogens with one attached hydrogen (secondary N) is 1. The van der Waals surface area contributed by atoms with Gasteiger partial charge in [-0.2, -0.15) is 0 Å². The lowest BCUT2D eigenvalue weighted by atomic mass is 9.96. The van der Waals surface area contributed by atoms with E-state index in [1.54, 1.807) is 0 Å². The number of nitrogens with zero attached hydrogens (tertiary/aromatic N) is 1. The van der Waals surface area contributed by atoms with E-state index < -0.39 is 0 Å². The Morgan fingerprint density at radius 2 is 2.05 bits per heavy atom. The molecule has 2 unspecified atom stereocenters. The number of ether oxygens (including phenoxy) is 1. The molecule has 0 saturated carbocycles. The molecule has 0 radical (unpaired) electrons. The molecule has 1 fully saturated rings. The molecule has 1 amide bonds. The van der Waals surface area contributed by atoms with Gasteiger partial charge in [-0.15, -0.1) is 0 Å². The Morgan fingerprint density at radius 1 is 1.32 bits per heavy atom. The number of esters is 1. The molecule has 0 spiro atoms. The lowest BCUT2D eigenvalue weighted by molar-refractivity contribution is -0.149. The molecule has 124 valence electrons. The number of carbonyl (C=O) groups excluding carboxylic acids is 2. The molecule has 2 atom stereocenters. The number of rotatable bonds is 5. The van der Waals surface area contributed by atoms with Crippen molar-refractivity contribution in [3.8, 4) is 0 Å². The summed E-state index contributed by atoms with van der Waals surface area (Å²) in [5.41, 5.74) is 0. The Morgan fingerprint density at radius 3 is 2.64 bits per heavy atom. The minimum atomic E-state index is -0.147. The smallest absolute Gasteiger partial charge is 0.308 e. The predicted molar refractivity (Wildman–Crippen MR) is 85.3 cm³/mol. The first-order valence-electron chi connectivity index (χ1n) is 8.38. The second kappa shape index (κ2) is 8.32. The van der Waals surface area contributed by atoms with Crippen molar-refractivity contribution < 1.29 is 14.3 Å². The van der Waals surface area contributed by atoms with E-state index >= 15 is 0 Å². The van der Waals surface area contributed by atoms with Crippen LogP contribution in [0.15, 0.2) is 12.2 Å². The molecular formula is C17H28N2O3. The van der Waals surface area contributed by atoms with Crippen molar-refractivity contribution in [3.05, 3.63) is 12.2 Å². The van der Waals surface area contributed by atoms with Gasteiger partial charge in [-0.05, 0) is 39.0 Å². The molecule has 1 heterocycles. The van der Waals surface area contributed by atoms with Gasteiger partial charge in [-0.3, -0.25) is 9.59 Å². The van der Waals surface area contributed by atoms with Crippen molar-refractivity contribution in [3.63, 3.8) is 0 Å². The summed E-state index contributed by atoms with van der Waals surface area (Å²) in [6.45, 7) is 3.39. The molecule has 0 bridgehead atoms. The molecule has 0 aromatic heterocycles. The number of allylic oxidation sites excluding steroid dienone is 1. The quantitative estimate of drug-likeness (QED) is 0.622. The summed E-state index contributed by atoms with van der Waals surface area (Å²) in [5.74, 6) is -0.00806. The largest absolute Gasteiger partial charge is 0.469 e. The zero-order valence-corrected chi connectivity index (χ0v) is 13.7. The number of likely N-dealkylation sites (tertiary alicyclic amines) is 1. The van der Waals surface area contributed by atoms with Crippen LogP contribution >= 0.6 is 0 Å². The van der Waals surface area contributed by atoms with Crippen molar-refractivity contribution in [2.45, 2.75) is 57.5 Å². The average Bonchev–Trinajstić information content (AvgIpc) is 2.55. The third-order valence-corrected chi connectivity index (χ3v) is 4.62.